The number of nitrogens with zero attached hydrogens (tertiary/aromatic N) is 2. The molecule has 1 fully saturated rings. The molecule has 0 N–H and O–H groups in total. The number of aryl methyl sites for hydroxylation is 1. The summed E-state index contributed by atoms with van der Waals surface area (Å²) < 4.78 is 30.7. The molecule has 0 unspecified atom stereocenters. The molecule has 0 saturated carbocycles. The molecule has 1 atom stereocenters. The molecule has 1 amide bonds. The molecule has 7 nitrogen and oxygen atoms in total. The Morgan fingerprint density at radius 2 is 1.71 bits per heavy atom. The van der Waals surface area contributed by atoms with E-state index in [1.807, 2.05) is 0 Å². The van der Waals surface area contributed by atoms with Crippen molar-refractivity contribution in [3.63, 3.8) is 0 Å². The summed E-state index contributed by atoms with van der Waals surface area (Å²) in [4.78, 5) is 26.9. The minimum Gasteiger partial charge on any atom is -0.449 e. The number of esters is 1. The number of rotatable bonds is 4. The van der Waals surface area contributed by atoms with E-state index in [1.165, 1.54) is 10.6 Å². The molecule has 1 saturated heterocycles. The molecule has 2 aliphatic heterocycles. The van der Waals surface area contributed by atoms with Crippen LogP contribution in [0.15, 0.2) is 18.2 Å². The first kappa shape index (κ1) is 20.6. The lowest BCUT2D eigenvalue weighted by Gasteiger charge is -2.29. The van der Waals surface area contributed by atoms with Crippen molar-refractivity contribution in [3.05, 3.63) is 29.3 Å². The van der Waals surface area contributed by atoms with Crippen LogP contribution in [0.3, 0.4) is 0 Å². The molecule has 3 rings (SSSR count). The Morgan fingerprint density at radius 3 is 2.36 bits per heavy atom. The van der Waals surface area contributed by atoms with Crippen molar-refractivity contribution in [3.8, 4) is 0 Å². The first-order valence-electron chi connectivity index (χ1n) is 9.88. The van der Waals surface area contributed by atoms with Crippen LogP contribution in [0.4, 0.5) is 5.69 Å². The van der Waals surface area contributed by atoms with E-state index in [2.05, 4.69) is 0 Å². The fraction of sp³-hybridized carbons (Fsp3) is 0.600. The number of ether oxygens (including phenoxy) is 1. The molecule has 0 spiro atoms. The van der Waals surface area contributed by atoms with E-state index < -0.39 is 22.1 Å². The number of carbonyl (C=O) groups is 2. The molecule has 0 aliphatic carbocycles. The fourth-order valence-corrected chi connectivity index (χ4v) is 4.86. The molecule has 0 radical (unpaired) electrons. The summed E-state index contributed by atoms with van der Waals surface area (Å²) in [5.74, 6) is -0.716. The average molecular weight is 409 g/mol. The van der Waals surface area contributed by atoms with Crippen LogP contribution < -0.4 is 4.31 Å². The van der Waals surface area contributed by atoms with Gasteiger partial charge >= 0.3 is 5.97 Å². The Morgan fingerprint density at radius 1 is 1.04 bits per heavy atom. The van der Waals surface area contributed by atoms with Gasteiger partial charge in [-0.25, -0.2) is 13.2 Å². The van der Waals surface area contributed by atoms with Crippen molar-refractivity contribution in [2.45, 2.75) is 51.6 Å². The van der Waals surface area contributed by atoms with Crippen LogP contribution in [-0.2, 0) is 26.0 Å². The lowest BCUT2D eigenvalue weighted by Crippen LogP contribution is -2.40. The predicted molar refractivity (Wildman–Crippen MR) is 107 cm³/mol. The highest BCUT2D eigenvalue weighted by atomic mass is 32.2. The van der Waals surface area contributed by atoms with E-state index in [0.29, 0.717) is 43.7 Å². The third kappa shape index (κ3) is 4.66. The smallest absolute Gasteiger partial charge is 0.338 e. The molecule has 1 aromatic rings. The second kappa shape index (κ2) is 8.51. The van der Waals surface area contributed by atoms with Crippen molar-refractivity contribution in [1.29, 1.82) is 0 Å². The number of hydrogen-bond acceptors (Lipinski definition) is 5. The van der Waals surface area contributed by atoms with Gasteiger partial charge in [-0.15, -0.1) is 0 Å². The number of hydrogen-bond donors (Lipinski definition) is 0. The van der Waals surface area contributed by atoms with Gasteiger partial charge in [0.05, 0.1) is 17.5 Å². The molecular formula is C20H28N2O5S. The second-order valence-corrected chi connectivity index (χ2v) is 9.48. The Kier molecular flexibility index (Phi) is 6.27. The van der Waals surface area contributed by atoms with Crippen molar-refractivity contribution in [1.82, 2.24) is 4.90 Å². The van der Waals surface area contributed by atoms with E-state index >= 15 is 0 Å². The van der Waals surface area contributed by atoms with E-state index in [-0.39, 0.29) is 5.91 Å². The second-order valence-electron chi connectivity index (χ2n) is 7.57. The van der Waals surface area contributed by atoms with E-state index in [4.69, 9.17) is 4.74 Å². The third-order valence-corrected chi connectivity index (χ3v) is 6.52. The minimum atomic E-state index is -3.35. The summed E-state index contributed by atoms with van der Waals surface area (Å²) in [6.45, 7) is 3.47. The first-order chi connectivity index (χ1) is 13.3. The number of likely N-dealkylation sites (tertiary alicyclic amines) is 1. The zero-order valence-electron chi connectivity index (χ0n) is 16.5. The van der Waals surface area contributed by atoms with Crippen LogP contribution in [0, 0.1) is 0 Å². The first-order valence-corrected chi connectivity index (χ1v) is 11.7. The maximum absolute atomic E-state index is 12.6. The van der Waals surface area contributed by atoms with Gasteiger partial charge in [-0.2, -0.15) is 0 Å². The molecule has 1 aromatic carbocycles. The maximum atomic E-state index is 12.6. The zero-order valence-corrected chi connectivity index (χ0v) is 17.3. The average Bonchev–Trinajstić information content (AvgIpc) is 2.95. The summed E-state index contributed by atoms with van der Waals surface area (Å²) in [7, 11) is -3.35. The topological polar surface area (TPSA) is 84.0 Å². The van der Waals surface area contributed by atoms with Crippen molar-refractivity contribution >= 4 is 27.6 Å². The fourth-order valence-electron chi connectivity index (χ4n) is 3.86. The van der Waals surface area contributed by atoms with Crippen molar-refractivity contribution < 1.29 is 22.7 Å². The van der Waals surface area contributed by atoms with Gasteiger partial charge < -0.3 is 9.64 Å². The number of benzene rings is 1. The maximum Gasteiger partial charge on any atom is 0.338 e. The van der Waals surface area contributed by atoms with Crippen molar-refractivity contribution in [2.24, 2.45) is 0 Å². The summed E-state index contributed by atoms with van der Waals surface area (Å²) in [5, 5.41) is 0. The van der Waals surface area contributed by atoms with Crippen LogP contribution in [-0.4, -0.2) is 57.2 Å². The van der Waals surface area contributed by atoms with Gasteiger partial charge in [0, 0.05) is 19.6 Å². The summed E-state index contributed by atoms with van der Waals surface area (Å²) >= 11 is 0. The number of sulfonamides is 1. The van der Waals surface area contributed by atoms with Gasteiger partial charge in [-0.05, 0) is 56.4 Å². The Balaban J connectivity index is 1.70. The van der Waals surface area contributed by atoms with E-state index in [0.717, 1.165) is 31.2 Å². The number of fused-ring (bicyclic) bond motifs is 1. The Hall–Kier alpha value is -2.09. The van der Waals surface area contributed by atoms with Gasteiger partial charge in [0.2, 0.25) is 10.0 Å². The molecular weight excluding hydrogens is 380 g/mol. The molecule has 2 aliphatic rings. The Labute approximate surface area is 166 Å². The van der Waals surface area contributed by atoms with Crippen LogP contribution in [0.2, 0.25) is 0 Å². The molecule has 0 bridgehead atoms. The van der Waals surface area contributed by atoms with Crippen LogP contribution in [0.1, 0.15) is 54.9 Å². The predicted octanol–water partition coefficient (Wildman–Crippen LogP) is 2.35. The third-order valence-electron chi connectivity index (χ3n) is 5.34. The number of amides is 1. The zero-order chi connectivity index (χ0) is 20.3. The molecule has 0 aromatic heterocycles. The van der Waals surface area contributed by atoms with Gasteiger partial charge in [0.25, 0.3) is 5.91 Å². The summed E-state index contributed by atoms with van der Waals surface area (Å²) in [5.41, 5.74) is 1.75. The highest BCUT2D eigenvalue weighted by molar-refractivity contribution is 7.92. The molecule has 8 heteroatoms. The van der Waals surface area contributed by atoms with Gasteiger partial charge in [-0.3, -0.25) is 9.10 Å². The highest BCUT2D eigenvalue weighted by Gasteiger charge is 2.27. The standard InChI is InChI=1S/C20H28N2O5S/c1-15(19(23)21-11-5-3-4-6-12-21)27-20(24)17-9-10-18-16(14-17)8-7-13-22(18)28(2,25)26/h9-10,14-15H,3-8,11-13H2,1-2H3/t15-/m0/s1. The molecule has 2 heterocycles. The van der Waals surface area contributed by atoms with Gasteiger partial charge in [0.15, 0.2) is 6.10 Å². The number of anilines is 1. The quantitative estimate of drug-likeness (QED) is 0.714. The van der Waals surface area contributed by atoms with Crippen LogP contribution in [0.5, 0.6) is 0 Å². The normalized spacial score (nSPS) is 18.8. The van der Waals surface area contributed by atoms with Crippen LogP contribution >= 0.6 is 0 Å². The van der Waals surface area contributed by atoms with Gasteiger partial charge in [0.1, 0.15) is 0 Å². The number of carbonyl (C=O) groups excluding carboxylic acids is 2. The highest BCUT2D eigenvalue weighted by Crippen LogP contribution is 2.30. The Bertz CT molecular complexity index is 844. The van der Waals surface area contributed by atoms with Crippen molar-refractivity contribution in [2.75, 3.05) is 30.2 Å². The largest absolute Gasteiger partial charge is 0.449 e. The molecule has 154 valence electrons. The van der Waals surface area contributed by atoms with Crippen LogP contribution in [0.25, 0.3) is 0 Å². The molecule has 28 heavy (non-hydrogen) atoms. The van der Waals surface area contributed by atoms with E-state index in [1.54, 1.807) is 30.0 Å². The SMILES string of the molecule is C[C@H](OC(=O)c1ccc2c(c1)CCCN2S(C)(=O)=O)C(=O)N1CCCCCC1. The summed E-state index contributed by atoms with van der Waals surface area (Å²) in [6, 6.07) is 4.89. The minimum absolute atomic E-state index is 0.156. The monoisotopic (exact) mass is 408 g/mol. The summed E-state index contributed by atoms with van der Waals surface area (Å²) in [6.07, 6.45) is 5.94. The van der Waals surface area contributed by atoms with E-state index in [9.17, 15) is 18.0 Å². The lowest BCUT2D eigenvalue weighted by molar-refractivity contribution is -0.139. The lowest BCUT2D eigenvalue weighted by atomic mass is 10.0. The van der Waals surface area contributed by atoms with Gasteiger partial charge in [-0.1, -0.05) is 12.8 Å².